The lowest BCUT2D eigenvalue weighted by Crippen LogP contribution is -2.53. The molecule has 1 heterocycles. The van der Waals surface area contributed by atoms with Gasteiger partial charge in [0.1, 0.15) is 4.90 Å². The summed E-state index contributed by atoms with van der Waals surface area (Å²) >= 11 is 0. The zero-order chi connectivity index (χ0) is 14.8. The van der Waals surface area contributed by atoms with Crippen molar-refractivity contribution in [2.24, 2.45) is 0 Å². The van der Waals surface area contributed by atoms with Gasteiger partial charge in [0.15, 0.2) is 0 Å². The van der Waals surface area contributed by atoms with Crippen molar-refractivity contribution >= 4 is 10.0 Å². The number of hydrogen-bond acceptors (Lipinski definition) is 4. The molecule has 0 saturated heterocycles. The first-order chi connectivity index (χ1) is 9.44. The minimum Gasteiger partial charge on any atom is -0.311 e. The van der Waals surface area contributed by atoms with Gasteiger partial charge in [0.25, 0.3) is 0 Å². The summed E-state index contributed by atoms with van der Waals surface area (Å²) in [5.74, 6) is 0. The Bertz CT molecular complexity index is 555. The van der Waals surface area contributed by atoms with Gasteiger partial charge in [0.05, 0.1) is 11.4 Å². The summed E-state index contributed by atoms with van der Waals surface area (Å²) in [5.41, 5.74) is 0.899. The highest BCUT2D eigenvalue weighted by Crippen LogP contribution is 2.36. The lowest BCUT2D eigenvalue weighted by molar-refractivity contribution is 0.214. The molecule has 1 aromatic heterocycles. The molecule has 1 aliphatic rings. The number of aromatic nitrogens is 2. The fourth-order valence-corrected chi connectivity index (χ4v) is 4.55. The Morgan fingerprint density at radius 3 is 2.55 bits per heavy atom. The highest BCUT2D eigenvalue weighted by atomic mass is 32.2. The number of aromatic amines is 1. The molecule has 1 aromatic rings. The van der Waals surface area contributed by atoms with Crippen LogP contribution >= 0.6 is 0 Å². The van der Waals surface area contributed by atoms with E-state index in [-0.39, 0.29) is 5.54 Å². The zero-order valence-corrected chi connectivity index (χ0v) is 13.2. The summed E-state index contributed by atoms with van der Waals surface area (Å²) in [6.45, 7) is 6.99. The molecule has 1 fully saturated rings. The maximum absolute atomic E-state index is 12.7. The van der Waals surface area contributed by atoms with Crippen LogP contribution in [0.2, 0.25) is 0 Å². The van der Waals surface area contributed by atoms with E-state index in [2.05, 4.69) is 20.2 Å². The van der Waals surface area contributed by atoms with E-state index in [0.717, 1.165) is 32.2 Å². The van der Waals surface area contributed by atoms with Gasteiger partial charge in [-0.15, -0.1) is 0 Å². The highest BCUT2D eigenvalue weighted by Gasteiger charge is 2.40. The number of hydrogen-bond donors (Lipinski definition) is 3. The largest absolute Gasteiger partial charge is 0.311 e. The first-order valence-corrected chi connectivity index (χ1v) is 8.71. The van der Waals surface area contributed by atoms with Crippen molar-refractivity contribution in [3.8, 4) is 0 Å². The van der Waals surface area contributed by atoms with Crippen LogP contribution in [0.25, 0.3) is 0 Å². The minimum absolute atomic E-state index is 0.252. The van der Waals surface area contributed by atoms with Crippen LogP contribution in [0.5, 0.6) is 0 Å². The number of aryl methyl sites for hydroxylation is 1. The molecule has 1 aliphatic carbocycles. The molecule has 1 saturated carbocycles. The first kappa shape index (κ1) is 15.5. The second kappa shape index (κ2) is 5.83. The number of nitrogens with one attached hydrogen (secondary N) is 3. The molecule has 114 valence electrons. The number of sulfonamides is 1. The van der Waals surface area contributed by atoms with Crippen molar-refractivity contribution < 1.29 is 8.42 Å². The van der Waals surface area contributed by atoms with Crippen LogP contribution in [0.15, 0.2) is 4.90 Å². The van der Waals surface area contributed by atoms with E-state index in [1.54, 1.807) is 6.92 Å². The van der Waals surface area contributed by atoms with Gasteiger partial charge >= 0.3 is 0 Å². The third-order valence-corrected chi connectivity index (χ3v) is 5.89. The summed E-state index contributed by atoms with van der Waals surface area (Å²) < 4.78 is 28.2. The maximum Gasteiger partial charge on any atom is 0.244 e. The third-order valence-electron chi connectivity index (χ3n) is 4.11. The molecule has 2 rings (SSSR count). The quantitative estimate of drug-likeness (QED) is 0.711. The summed E-state index contributed by atoms with van der Waals surface area (Å²) in [6, 6.07) is 0. The van der Waals surface area contributed by atoms with Gasteiger partial charge < -0.3 is 5.32 Å². The average molecular weight is 300 g/mol. The predicted molar refractivity (Wildman–Crippen MR) is 77.9 cm³/mol. The van der Waals surface area contributed by atoms with Crippen LogP contribution < -0.4 is 10.0 Å². The summed E-state index contributed by atoms with van der Waals surface area (Å²) in [7, 11) is -3.52. The van der Waals surface area contributed by atoms with Gasteiger partial charge in [-0.1, -0.05) is 13.8 Å². The van der Waals surface area contributed by atoms with Crippen LogP contribution in [-0.2, 0) is 16.6 Å². The Labute approximate surface area is 120 Å². The van der Waals surface area contributed by atoms with E-state index in [9.17, 15) is 8.42 Å². The Hall–Kier alpha value is -0.920. The predicted octanol–water partition coefficient (Wildman–Crippen LogP) is 1.44. The molecule has 0 aliphatic heterocycles. The Morgan fingerprint density at radius 2 is 2.05 bits per heavy atom. The van der Waals surface area contributed by atoms with Gasteiger partial charge in [-0.25, -0.2) is 13.1 Å². The molecule has 0 atom stereocenters. The molecule has 0 spiro atoms. The monoisotopic (exact) mass is 300 g/mol. The molecule has 20 heavy (non-hydrogen) atoms. The smallest absolute Gasteiger partial charge is 0.244 e. The molecular formula is C13H24N4O2S. The molecule has 7 heteroatoms. The van der Waals surface area contributed by atoms with Crippen LogP contribution in [0, 0.1) is 6.92 Å². The van der Waals surface area contributed by atoms with Crippen molar-refractivity contribution in [3.63, 3.8) is 0 Å². The minimum atomic E-state index is -3.52. The second-order valence-corrected chi connectivity index (χ2v) is 7.12. The lowest BCUT2D eigenvalue weighted by Gasteiger charge is -2.41. The molecule has 6 nitrogen and oxygen atoms in total. The van der Waals surface area contributed by atoms with Crippen molar-refractivity contribution in [1.29, 1.82) is 0 Å². The highest BCUT2D eigenvalue weighted by molar-refractivity contribution is 7.89. The van der Waals surface area contributed by atoms with Crippen molar-refractivity contribution in [1.82, 2.24) is 20.2 Å². The summed E-state index contributed by atoms with van der Waals surface area (Å²) in [5, 5.41) is 10.0. The molecule has 0 amide bonds. The van der Waals surface area contributed by atoms with Gasteiger partial charge in [0.2, 0.25) is 10.0 Å². The van der Waals surface area contributed by atoms with Crippen LogP contribution in [-0.4, -0.2) is 30.7 Å². The Kier molecular flexibility index (Phi) is 4.51. The fourth-order valence-electron chi connectivity index (χ4n) is 2.66. The standard InChI is InChI=1S/C13H24N4O2S/c1-4-13(7-6-8-13)17-20(18,19)12-10(3)15-16-11(12)9-14-5-2/h14,17H,4-9H2,1-3H3,(H,15,16). The van der Waals surface area contributed by atoms with E-state index in [4.69, 9.17) is 0 Å². The summed E-state index contributed by atoms with van der Waals surface area (Å²) in [4.78, 5) is 0.304. The molecule has 3 N–H and O–H groups in total. The van der Waals surface area contributed by atoms with Crippen molar-refractivity contribution in [2.75, 3.05) is 6.54 Å². The van der Waals surface area contributed by atoms with Crippen LogP contribution in [0.1, 0.15) is 50.9 Å². The number of rotatable bonds is 7. The molecule has 0 unspecified atom stereocenters. The van der Waals surface area contributed by atoms with Crippen LogP contribution in [0.3, 0.4) is 0 Å². The molecule has 0 radical (unpaired) electrons. The lowest BCUT2D eigenvalue weighted by atomic mass is 9.76. The van der Waals surface area contributed by atoms with E-state index < -0.39 is 10.0 Å². The average Bonchev–Trinajstić information content (AvgIpc) is 2.73. The van der Waals surface area contributed by atoms with Gasteiger partial charge in [-0.3, -0.25) is 5.10 Å². The van der Waals surface area contributed by atoms with E-state index >= 15 is 0 Å². The topological polar surface area (TPSA) is 86.9 Å². The number of H-pyrrole nitrogens is 1. The van der Waals surface area contributed by atoms with Crippen molar-refractivity contribution in [2.45, 2.75) is 63.4 Å². The normalized spacial score (nSPS) is 17.9. The van der Waals surface area contributed by atoms with Gasteiger partial charge in [-0.05, 0) is 39.2 Å². The van der Waals surface area contributed by atoms with Crippen molar-refractivity contribution in [3.05, 3.63) is 11.4 Å². The molecule has 0 bridgehead atoms. The van der Waals surface area contributed by atoms with E-state index in [0.29, 0.717) is 22.8 Å². The number of nitrogens with zero attached hydrogens (tertiary/aromatic N) is 1. The van der Waals surface area contributed by atoms with Gasteiger partial charge in [-0.2, -0.15) is 5.10 Å². The fraction of sp³-hybridized carbons (Fsp3) is 0.769. The van der Waals surface area contributed by atoms with E-state index in [1.165, 1.54) is 0 Å². The molecular weight excluding hydrogens is 276 g/mol. The first-order valence-electron chi connectivity index (χ1n) is 7.22. The maximum atomic E-state index is 12.7. The zero-order valence-electron chi connectivity index (χ0n) is 12.4. The Morgan fingerprint density at radius 1 is 1.35 bits per heavy atom. The van der Waals surface area contributed by atoms with Crippen LogP contribution in [0.4, 0.5) is 0 Å². The second-order valence-electron chi connectivity index (χ2n) is 5.50. The summed E-state index contributed by atoms with van der Waals surface area (Å²) in [6.07, 6.45) is 3.75. The molecule has 0 aromatic carbocycles. The third kappa shape index (κ3) is 2.89. The van der Waals surface area contributed by atoms with Gasteiger partial charge in [0, 0.05) is 12.1 Å². The van der Waals surface area contributed by atoms with E-state index in [1.807, 2.05) is 13.8 Å². The Balaban J connectivity index is 2.27. The SMILES string of the molecule is CCNCc1n[nH]c(C)c1S(=O)(=O)NC1(CC)CCC1.